The molecule has 0 bridgehead atoms. The molecule has 1 nitrogen and oxygen atoms in total. The molecule has 1 saturated heterocycles. The van der Waals surface area contributed by atoms with Gasteiger partial charge in [-0.2, -0.15) is 11.8 Å². The summed E-state index contributed by atoms with van der Waals surface area (Å²) in [7, 11) is 0. The minimum atomic E-state index is 1.42. The van der Waals surface area contributed by atoms with Crippen LogP contribution in [0.5, 0.6) is 0 Å². The van der Waals surface area contributed by atoms with Crippen LogP contribution in [0.1, 0.15) is 12.8 Å². The Kier molecular flexibility index (Phi) is 4.64. The van der Waals surface area contributed by atoms with Crippen LogP contribution in [0.3, 0.4) is 0 Å². The highest BCUT2D eigenvalue weighted by atomic mass is 32.2. The summed E-state index contributed by atoms with van der Waals surface area (Å²) in [4.78, 5) is 3.74. The molecule has 0 radical (unpaired) electrons. The van der Waals surface area contributed by atoms with Crippen LogP contribution in [0, 0.1) is 0 Å². The summed E-state index contributed by atoms with van der Waals surface area (Å²) in [6, 6.07) is 0. The lowest BCUT2D eigenvalue weighted by Gasteiger charge is -1.69. The first kappa shape index (κ1) is 8.08. The Hall–Kier alpha value is -0.0200. The van der Waals surface area contributed by atoms with Crippen LogP contribution >= 0.6 is 23.1 Å². The summed E-state index contributed by atoms with van der Waals surface area (Å²) in [6.45, 7) is 0. The number of hydrogen-bond donors (Lipinski definition) is 0. The van der Waals surface area contributed by atoms with Crippen LogP contribution < -0.4 is 0 Å². The third-order valence-electron chi connectivity index (χ3n) is 1.17. The Bertz CT molecular complexity index is 110. The molecule has 0 aliphatic carbocycles. The van der Waals surface area contributed by atoms with Crippen molar-refractivity contribution in [2.24, 2.45) is 0 Å². The van der Waals surface area contributed by atoms with Gasteiger partial charge in [-0.15, -0.1) is 11.3 Å². The van der Waals surface area contributed by atoms with E-state index in [9.17, 15) is 0 Å². The van der Waals surface area contributed by atoms with Crippen LogP contribution in [0.4, 0.5) is 0 Å². The SMILES string of the molecule is C1CCSC1.c1cscn1. The number of aromatic nitrogens is 1. The minimum Gasteiger partial charge on any atom is -0.253 e. The second-order valence-corrected chi connectivity index (χ2v) is 3.98. The molecule has 3 heteroatoms. The molecule has 1 aromatic rings. The largest absolute Gasteiger partial charge is 0.253 e. The topological polar surface area (TPSA) is 12.9 Å². The Morgan fingerprint density at radius 3 is 2.20 bits per heavy atom. The van der Waals surface area contributed by atoms with E-state index in [0.717, 1.165) is 0 Å². The zero-order valence-electron chi connectivity index (χ0n) is 5.82. The van der Waals surface area contributed by atoms with Crippen molar-refractivity contribution >= 4 is 23.1 Å². The normalized spacial score (nSPS) is 16.0. The number of thioether (sulfide) groups is 1. The smallest absolute Gasteiger partial charge is 0.0791 e. The van der Waals surface area contributed by atoms with Gasteiger partial charge in [0.2, 0.25) is 0 Å². The fourth-order valence-electron chi connectivity index (χ4n) is 0.686. The van der Waals surface area contributed by atoms with Crippen molar-refractivity contribution in [3.63, 3.8) is 0 Å². The number of hydrogen-bond acceptors (Lipinski definition) is 3. The van der Waals surface area contributed by atoms with E-state index in [0.29, 0.717) is 0 Å². The lowest BCUT2D eigenvalue weighted by Crippen LogP contribution is -1.58. The van der Waals surface area contributed by atoms with Crippen molar-refractivity contribution in [1.29, 1.82) is 0 Å². The Morgan fingerprint density at radius 2 is 2.00 bits per heavy atom. The standard InChI is InChI=1S/C4H8S.C3H3NS/c1-2-4-5-3-1;1-2-5-3-4-1/h1-4H2;1-3H. The van der Waals surface area contributed by atoms with Crippen LogP contribution in [0.15, 0.2) is 17.1 Å². The average molecular weight is 173 g/mol. The molecule has 1 aliphatic heterocycles. The fourth-order valence-corrected chi connectivity index (χ4v) is 2.06. The van der Waals surface area contributed by atoms with Gasteiger partial charge in [0.1, 0.15) is 0 Å². The molecule has 0 unspecified atom stereocenters. The highest BCUT2D eigenvalue weighted by Gasteiger charge is 1.95. The van der Waals surface area contributed by atoms with Crippen LogP contribution in [0.25, 0.3) is 0 Å². The number of nitrogens with zero attached hydrogens (tertiary/aromatic N) is 1. The fraction of sp³-hybridized carbons (Fsp3) is 0.571. The van der Waals surface area contributed by atoms with E-state index >= 15 is 0 Å². The van der Waals surface area contributed by atoms with E-state index in [2.05, 4.69) is 16.7 Å². The van der Waals surface area contributed by atoms with E-state index in [1.54, 1.807) is 23.0 Å². The molecule has 0 saturated carbocycles. The zero-order chi connectivity index (χ0) is 7.07. The van der Waals surface area contributed by atoms with Crippen molar-refractivity contribution < 1.29 is 0 Å². The molecule has 0 N–H and O–H groups in total. The maximum Gasteiger partial charge on any atom is 0.0791 e. The average Bonchev–Trinajstić information content (AvgIpc) is 2.67. The molecule has 0 spiro atoms. The van der Waals surface area contributed by atoms with Gasteiger partial charge in [-0.05, 0) is 24.3 Å². The predicted molar refractivity (Wildman–Crippen MR) is 48.7 cm³/mol. The van der Waals surface area contributed by atoms with Gasteiger partial charge in [-0.1, -0.05) is 0 Å². The Balaban J connectivity index is 0.0000001000. The summed E-state index contributed by atoms with van der Waals surface area (Å²) in [6.07, 6.45) is 4.69. The van der Waals surface area contributed by atoms with E-state index in [4.69, 9.17) is 0 Å². The van der Waals surface area contributed by atoms with E-state index in [1.807, 2.05) is 5.38 Å². The number of rotatable bonds is 0. The Morgan fingerprint density at radius 1 is 1.20 bits per heavy atom. The van der Waals surface area contributed by atoms with Crippen molar-refractivity contribution in [3.8, 4) is 0 Å². The van der Waals surface area contributed by atoms with Crippen LogP contribution in [-0.4, -0.2) is 16.5 Å². The van der Waals surface area contributed by atoms with Crippen LogP contribution in [0.2, 0.25) is 0 Å². The molecule has 2 rings (SSSR count). The summed E-state index contributed by atoms with van der Waals surface area (Å²) < 4.78 is 0. The summed E-state index contributed by atoms with van der Waals surface area (Å²) in [5.74, 6) is 2.83. The molecule has 1 aliphatic rings. The van der Waals surface area contributed by atoms with Gasteiger partial charge in [0.25, 0.3) is 0 Å². The minimum absolute atomic E-state index is 1.42. The predicted octanol–water partition coefficient (Wildman–Crippen LogP) is 2.66. The van der Waals surface area contributed by atoms with Gasteiger partial charge in [0, 0.05) is 11.6 Å². The first-order chi connectivity index (χ1) is 5.00. The lowest BCUT2D eigenvalue weighted by atomic mass is 10.4. The third-order valence-corrected chi connectivity index (χ3v) is 2.85. The summed E-state index contributed by atoms with van der Waals surface area (Å²) >= 11 is 3.68. The molecule has 2 heterocycles. The molecular weight excluding hydrogens is 162 g/mol. The maximum atomic E-state index is 3.74. The van der Waals surface area contributed by atoms with Gasteiger partial charge in [-0.3, -0.25) is 4.98 Å². The number of thiazole rings is 1. The van der Waals surface area contributed by atoms with Crippen molar-refractivity contribution in [2.75, 3.05) is 11.5 Å². The molecule has 56 valence electrons. The van der Waals surface area contributed by atoms with Crippen molar-refractivity contribution in [1.82, 2.24) is 4.98 Å². The quantitative estimate of drug-likeness (QED) is 0.598. The van der Waals surface area contributed by atoms with E-state index < -0.39 is 0 Å². The Labute approximate surface area is 69.9 Å². The first-order valence-corrected chi connectivity index (χ1v) is 5.50. The second-order valence-electron chi connectivity index (χ2n) is 2.00. The maximum absolute atomic E-state index is 3.74. The highest BCUT2D eigenvalue weighted by molar-refractivity contribution is 7.99. The molecule has 0 atom stereocenters. The summed E-state index contributed by atoms with van der Waals surface area (Å²) in [5.41, 5.74) is 1.79. The van der Waals surface area contributed by atoms with Gasteiger partial charge < -0.3 is 0 Å². The van der Waals surface area contributed by atoms with Crippen molar-refractivity contribution in [3.05, 3.63) is 17.1 Å². The second kappa shape index (κ2) is 5.74. The van der Waals surface area contributed by atoms with E-state index in [1.165, 1.54) is 24.3 Å². The van der Waals surface area contributed by atoms with E-state index in [-0.39, 0.29) is 0 Å². The van der Waals surface area contributed by atoms with Gasteiger partial charge >= 0.3 is 0 Å². The van der Waals surface area contributed by atoms with Crippen molar-refractivity contribution in [2.45, 2.75) is 12.8 Å². The molecule has 0 amide bonds. The zero-order valence-corrected chi connectivity index (χ0v) is 7.46. The monoisotopic (exact) mass is 173 g/mol. The molecular formula is C7H11NS2. The highest BCUT2D eigenvalue weighted by Crippen LogP contribution is 2.14. The van der Waals surface area contributed by atoms with Gasteiger partial charge in [-0.25, -0.2) is 0 Å². The summed E-state index contributed by atoms with van der Waals surface area (Å²) in [5, 5.41) is 1.93. The molecule has 1 aromatic heterocycles. The molecule has 1 fully saturated rings. The first-order valence-electron chi connectivity index (χ1n) is 3.40. The van der Waals surface area contributed by atoms with Crippen LogP contribution in [-0.2, 0) is 0 Å². The molecule has 10 heavy (non-hydrogen) atoms. The third kappa shape index (κ3) is 3.90. The van der Waals surface area contributed by atoms with Gasteiger partial charge in [0.15, 0.2) is 0 Å². The molecule has 0 aromatic carbocycles. The van der Waals surface area contributed by atoms with Gasteiger partial charge in [0.05, 0.1) is 5.51 Å². The lowest BCUT2D eigenvalue weighted by molar-refractivity contribution is 0.949.